The summed E-state index contributed by atoms with van der Waals surface area (Å²) in [6, 6.07) is 8.56. The molecule has 2 aromatic rings. The molecule has 1 aromatic heterocycles. The molecule has 0 saturated heterocycles. The number of aromatic nitrogens is 1. The van der Waals surface area contributed by atoms with Crippen molar-refractivity contribution in [3.63, 3.8) is 0 Å². The Hall–Kier alpha value is -1.44. The van der Waals surface area contributed by atoms with Gasteiger partial charge in [-0.3, -0.25) is 0 Å². The minimum Gasteiger partial charge on any atom is -0.494 e. The Balaban J connectivity index is 2.15. The van der Waals surface area contributed by atoms with Gasteiger partial charge >= 0.3 is 0 Å². The zero-order valence-corrected chi connectivity index (χ0v) is 12.6. The highest BCUT2D eigenvalue weighted by atomic mass is 16.5. The molecule has 0 fully saturated rings. The van der Waals surface area contributed by atoms with Crippen molar-refractivity contribution >= 4 is 10.9 Å². The first-order valence-electron chi connectivity index (χ1n) is 7.21. The van der Waals surface area contributed by atoms with Crippen molar-refractivity contribution in [1.82, 2.24) is 4.57 Å². The molecule has 0 unspecified atom stereocenters. The van der Waals surface area contributed by atoms with E-state index in [9.17, 15) is 0 Å². The Bertz CT molecular complexity index is 534. The molecule has 2 rings (SSSR count). The summed E-state index contributed by atoms with van der Waals surface area (Å²) in [6.07, 6.45) is 4.41. The van der Waals surface area contributed by atoms with Gasteiger partial charge in [0, 0.05) is 23.6 Å². The number of fused-ring (bicyclic) bond motifs is 1. The molecule has 0 N–H and O–H groups in total. The van der Waals surface area contributed by atoms with Crippen LogP contribution >= 0.6 is 0 Å². The Labute approximate surface area is 116 Å². The van der Waals surface area contributed by atoms with Gasteiger partial charge in [-0.05, 0) is 42.5 Å². The smallest absolute Gasteiger partial charge is 0.120 e. The second-order valence-electron chi connectivity index (χ2n) is 6.39. The van der Waals surface area contributed by atoms with Crippen LogP contribution < -0.4 is 4.74 Å². The van der Waals surface area contributed by atoms with Gasteiger partial charge in [-0.25, -0.2) is 0 Å². The van der Waals surface area contributed by atoms with Gasteiger partial charge in [-0.15, -0.1) is 0 Å². The number of nitrogens with zero attached hydrogens (tertiary/aromatic N) is 1. The molecule has 0 radical (unpaired) electrons. The Kier molecular flexibility index (Phi) is 4.18. The number of benzene rings is 1. The zero-order valence-electron chi connectivity index (χ0n) is 12.6. The van der Waals surface area contributed by atoms with Crippen LogP contribution in [-0.4, -0.2) is 11.2 Å². The maximum absolute atomic E-state index is 5.68. The molecule has 1 heterocycles. The van der Waals surface area contributed by atoms with Crippen molar-refractivity contribution in [1.29, 1.82) is 0 Å². The van der Waals surface area contributed by atoms with Crippen molar-refractivity contribution in [3.05, 3.63) is 30.5 Å². The molecule has 0 atom stereocenters. The van der Waals surface area contributed by atoms with Crippen molar-refractivity contribution < 1.29 is 4.74 Å². The van der Waals surface area contributed by atoms with E-state index in [0.29, 0.717) is 5.41 Å². The van der Waals surface area contributed by atoms with Crippen LogP contribution in [0, 0.1) is 5.41 Å². The average molecular weight is 259 g/mol. The SMILES string of the molecule is CCCOc1ccc2c(ccn2CCC(C)(C)C)c1. The highest BCUT2D eigenvalue weighted by Gasteiger charge is 2.11. The standard InChI is InChI=1S/C17H25NO/c1-5-12-19-15-6-7-16-14(13-15)8-10-18(16)11-9-17(2,3)4/h6-8,10,13H,5,9,11-12H2,1-4H3. The summed E-state index contributed by atoms with van der Waals surface area (Å²) >= 11 is 0. The lowest BCUT2D eigenvalue weighted by Gasteiger charge is -2.18. The third-order valence-corrected chi connectivity index (χ3v) is 3.32. The lowest BCUT2D eigenvalue weighted by Crippen LogP contribution is -2.09. The first kappa shape index (κ1) is 14.0. The molecule has 2 heteroatoms. The van der Waals surface area contributed by atoms with E-state index in [-0.39, 0.29) is 0 Å². The van der Waals surface area contributed by atoms with Crippen molar-refractivity contribution in [2.24, 2.45) is 5.41 Å². The first-order valence-corrected chi connectivity index (χ1v) is 7.21. The maximum atomic E-state index is 5.68. The van der Waals surface area contributed by atoms with E-state index in [1.807, 2.05) is 0 Å². The fraction of sp³-hybridized carbons (Fsp3) is 0.529. The van der Waals surface area contributed by atoms with Gasteiger partial charge in [0.1, 0.15) is 5.75 Å². The highest BCUT2D eigenvalue weighted by molar-refractivity contribution is 5.81. The highest BCUT2D eigenvalue weighted by Crippen LogP contribution is 2.25. The molecule has 0 bridgehead atoms. The number of hydrogen-bond donors (Lipinski definition) is 0. The van der Waals surface area contributed by atoms with Crippen molar-refractivity contribution in [3.8, 4) is 5.75 Å². The van der Waals surface area contributed by atoms with E-state index in [2.05, 4.69) is 62.7 Å². The molecule has 104 valence electrons. The largest absolute Gasteiger partial charge is 0.494 e. The summed E-state index contributed by atoms with van der Waals surface area (Å²) < 4.78 is 8.01. The molecule has 0 aliphatic carbocycles. The van der Waals surface area contributed by atoms with Gasteiger partial charge in [-0.2, -0.15) is 0 Å². The predicted octanol–water partition coefficient (Wildman–Crippen LogP) is 4.87. The molecule has 0 aliphatic rings. The minimum atomic E-state index is 0.376. The minimum absolute atomic E-state index is 0.376. The van der Waals surface area contributed by atoms with Gasteiger partial charge in [0.05, 0.1) is 6.61 Å². The number of hydrogen-bond acceptors (Lipinski definition) is 1. The van der Waals surface area contributed by atoms with E-state index >= 15 is 0 Å². The topological polar surface area (TPSA) is 14.2 Å². The van der Waals surface area contributed by atoms with Gasteiger partial charge in [-0.1, -0.05) is 27.7 Å². The van der Waals surface area contributed by atoms with Crippen LogP contribution in [0.1, 0.15) is 40.5 Å². The molecule has 2 nitrogen and oxygen atoms in total. The number of ether oxygens (including phenoxy) is 1. The number of aryl methyl sites for hydroxylation is 1. The van der Waals surface area contributed by atoms with Crippen LogP contribution in [0.3, 0.4) is 0 Å². The fourth-order valence-electron chi connectivity index (χ4n) is 2.14. The maximum Gasteiger partial charge on any atom is 0.120 e. The second kappa shape index (κ2) is 5.68. The van der Waals surface area contributed by atoms with Gasteiger partial charge in [0.25, 0.3) is 0 Å². The lowest BCUT2D eigenvalue weighted by molar-refractivity contribution is 0.318. The number of rotatable bonds is 5. The third-order valence-electron chi connectivity index (χ3n) is 3.32. The second-order valence-corrected chi connectivity index (χ2v) is 6.39. The average Bonchev–Trinajstić information content (AvgIpc) is 2.75. The van der Waals surface area contributed by atoms with Crippen LogP contribution in [0.2, 0.25) is 0 Å². The van der Waals surface area contributed by atoms with E-state index in [1.54, 1.807) is 0 Å². The molecule has 0 saturated carbocycles. The van der Waals surface area contributed by atoms with E-state index in [4.69, 9.17) is 4.74 Å². The molecule has 1 aromatic carbocycles. The predicted molar refractivity (Wildman–Crippen MR) is 81.8 cm³/mol. The quantitative estimate of drug-likeness (QED) is 0.747. The van der Waals surface area contributed by atoms with E-state index in [0.717, 1.165) is 25.3 Å². The summed E-state index contributed by atoms with van der Waals surface area (Å²) in [4.78, 5) is 0. The van der Waals surface area contributed by atoms with Crippen LogP contribution in [0.4, 0.5) is 0 Å². The van der Waals surface area contributed by atoms with Crippen molar-refractivity contribution in [2.75, 3.05) is 6.61 Å². The van der Waals surface area contributed by atoms with E-state index in [1.165, 1.54) is 17.3 Å². The molecule has 0 aliphatic heterocycles. The molecule has 0 amide bonds. The summed E-state index contributed by atoms with van der Waals surface area (Å²) in [5.74, 6) is 0.975. The molecule has 0 spiro atoms. The van der Waals surface area contributed by atoms with Crippen LogP contribution in [0.25, 0.3) is 10.9 Å². The van der Waals surface area contributed by atoms with Crippen LogP contribution in [-0.2, 0) is 6.54 Å². The van der Waals surface area contributed by atoms with Gasteiger partial charge in [0.2, 0.25) is 0 Å². The Morgan fingerprint density at radius 1 is 1.16 bits per heavy atom. The molecular formula is C17H25NO. The van der Waals surface area contributed by atoms with Crippen molar-refractivity contribution in [2.45, 2.75) is 47.1 Å². The van der Waals surface area contributed by atoms with Gasteiger partial charge < -0.3 is 9.30 Å². The summed E-state index contributed by atoms with van der Waals surface area (Å²) in [5, 5.41) is 1.27. The summed E-state index contributed by atoms with van der Waals surface area (Å²) in [7, 11) is 0. The monoisotopic (exact) mass is 259 g/mol. The third kappa shape index (κ3) is 3.76. The Morgan fingerprint density at radius 3 is 2.63 bits per heavy atom. The Morgan fingerprint density at radius 2 is 1.95 bits per heavy atom. The summed E-state index contributed by atoms with van der Waals surface area (Å²) in [6.45, 7) is 10.8. The van der Waals surface area contributed by atoms with Crippen LogP contribution in [0.15, 0.2) is 30.5 Å². The van der Waals surface area contributed by atoms with Gasteiger partial charge in [0.15, 0.2) is 0 Å². The zero-order chi connectivity index (χ0) is 13.9. The van der Waals surface area contributed by atoms with E-state index < -0.39 is 0 Å². The summed E-state index contributed by atoms with van der Waals surface area (Å²) in [5.41, 5.74) is 1.67. The molecular weight excluding hydrogens is 234 g/mol. The molecule has 19 heavy (non-hydrogen) atoms. The fourth-order valence-corrected chi connectivity index (χ4v) is 2.14. The lowest BCUT2D eigenvalue weighted by atomic mass is 9.92. The first-order chi connectivity index (χ1) is 8.99. The normalized spacial score (nSPS) is 12.0. The van der Waals surface area contributed by atoms with Crippen LogP contribution in [0.5, 0.6) is 5.75 Å².